The highest BCUT2D eigenvalue weighted by molar-refractivity contribution is 5.96. The number of ketones is 1. The summed E-state index contributed by atoms with van der Waals surface area (Å²) in [6.45, 7) is 5.97. The smallest absolute Gasteiger partial charge is 0.253 e. The lowest BCUT2D eigenvalue weighted by atomic mass is 9.89. The maximum Gasteiger partial charge on any atom is 0.253 e. The fraction of sp³-hybridized carbons (Fsp3) is 0.550. The summed E-state index contributed by atoms with van der Waals surface area (Å²) in [6.07, 6.45) is 2.18. The summed E-state index contributed by atoms with van der Waals surface area (Å²) in [7, 11) is 0. The molecule has 0 bridgehead atoms. The molecule has 1 heterocycles. The number of hydrogen-bond donors (Lipinski definition) is 2. The van der Waals surface area contributed by atoms with Crippen molar-refractivity contribution < 1.29 is 19.5 Å². The van der Waals surface area contributed by atoms with Crippen LogP contribution in [0.15, 0.2) is 24.3 Å². The maximum absolute atomic E-state index is 12.3. The quantitative estimate of drug-likeness (QED) is 0.811. The Morgan fingerprint density at radius 1 is 1.31 bits per heavy atom. The van der Waals surface area contributed by atoms with Crippen molar-refractivity contribution in [3.63, 3.8) is 0 Å². The van der Waals surface area contributed by atoms with Crippen LogP contribution in [-0.4, -0.2) is 52.8 Å². The molecule has 0 saturated carbocycles. The van der Waals surface area contributed by atoms with Gasteiger partial charge in [0.05, 0.1) is 6.54 Å². The summed E-state index contributed by atoms with van der Waals surface area (Å²) in [5.74, 6) is -0.425. The molecule has 1 unspecified atom stereocenters. The van der Waals surface area contributed by atoms with Gasteiger partial charge in [0.1, 0.15) is 5.60 Å². The van der Waals surface area contributed by atoms with Crippen LogP contribution in [0.5, 0.6) is 0 Å². The predicted octanol–water partition coefficient (Wildman–Crippen LogP) is 1.87. The van der Waals surface area contributed by atoms with E-state index < -0.39 is 5.60 Å². The van der Waals surface area contributed by atoms with E-state index in [1.807, 2.05) is 18.2 Å². The van der Waals surface area contributed by atoms with Crippen molar-refractivity contribution in [1.82, 2.24) is 10.2 Å². The molecule has 1 aliphatic rings. The second kappa shape index (κ2) is 8.45. The molecule has 6 heteroatoms. The number of Topliss-reactive ketones (excluding diaryl/α,β-unsaturated/α-hetero) is 1. The minimum Gasteiger partial charge on any atom is -0.381 e. The van der Waals surface area contributed by atoms with Crippen LogP contribution in [0.25, 0.3) is 0 Å². The third kappa shape index (κ3) is 5.14. The summed E-state index contributed by atoms with van der Waals surface area (Å²) >= 11 is 0. The van der Waals surface area contributed by atoms with Crippen molar-refractivity contribution in [3.8, 4) is 0 Å². The van der Waals surface area contributed by atoms with Gasteiger partial charge in [0.2, 0.25) is 0 Å². The van der Waals surface area contributed by atoms with E-state index in [-0.39, 0.29) is 30.1 Å². The molecule has 2 N–H and O–H groups in total. The van der Waals surface area contributed by atoms with E-state index in [2.05, 4.69) is 5.32 Å². The van der Waals surface area contributed by atoms with Crippen LogP contribution >= 0.6 is 0 Å². The highest BCUT2D eigenvalue weighted by Crippen LogP contribution is 2.28. The first kappa shape index (κ1) is 20.1. The lowest BCUT2D eigenvalue weighted by molar-refractivity contribution is -0.149. The SMILES string of the molecule is CCC(=O)CNC(=O)c1cccc(C2CCCN(C(=O)C(C)(C)O)C2)c1. The van der Waals surface area contributed by atoms with Crippen LogP contribution in [-0.2, 0) is 9.59 Å². The summed E-state index contributed by atoms with van der Waals surface area (Å²) < 4.78 is 0. The van der Waals surface area contributed by atoms with E-state index in [1.165, 1.54) is 13.8 Å². The number of nitrogens with one attached hydrogen (secondary N) is 1. The molecule has 0 aromatic heterocycles. The molecule has 1 saturated heterocycles. The average molecular weight is 360 g/mol. The van der Waals surface area contributed by atoms with Crippen molar-refractivity contribution in [2.75, 3.05) is 19.6 Å². The molecule has 0 spiro atoms. The molecule has 1 atom stereocenters. The molecule has 142 valence electrons. The van der Waals surface area contributed by atoms with Gasteiger partial charge >= 0.3 is 0 Å². The molecular weight excluding hydrogens is 332 g/mol. The molecule has 6 nitrogen and oxygen atoms in total. The van der Waals surface area contributed by atoms with Crippen molar-refractivity contribution in [2.45, 2.75) is 51.6 Å². The van der Waals surface area contributed by atoms with Crippen molar-refractivity contribution >= 4 is 17.6 Å². The highest BCUT2D eigenvalue weighted by Gasteiger charge is 2.33. The maximum atomic E-state index is 12.3. The number of hydrogen-bond acceptors (Lipinski definition) is 4. The number of carbonyl (C=O) groups is 3. The zero-order valence-electron chi connectivity index (χ0n) is 15.7. The summed E-state index contributed by atoms with van der Waals surface area (Å²) in [4.78, 5) is 37.6. The number of carbonyl (C=O) groups excluding carboxylic acids is 3. The van der Waals surface area contributed by atoms with Crippen LogP contribution in [0.4, 0.5) is 0 Å². The molecule has 1 aromatic carbocycles. The summed E-state index contributed by atoms with van der Waals surface area (Å²) in [5.41, 5.74) is 0.125. The fourth-order valence-electron chi connectivity index (χ4n) is 3.16. The van der Waals surface area contributed by atoms with E-state index in [4.69, 9.17) is 0 Å². The van der Waals surface area contributed by atoms with Gasteiger partial charge in [-0.3, -0.25) is 14.4 Å². The first-order valence-corrected chi connectivity index (χ1v) is 9.14. The van der Waals surface area contributed by atoms with Gasteiger partial charge < -0.3 is 15.3 Å². The molecular formula is C20H28N2O4. The third-order valence-electron chi connectivity index (χ3n) is 4.69. The van der Waals surface area contributed by atoms with Crippen molar-refractivity contribution in [2.24, 2.45) is 0 Å². The van der Waals surface area contributed by atoms with E-state index >= 15 is 0 Å². The van der Waals surface area contributed by atoms with Gasteiger partial charge in [-0.2, -0.15) is 0 Å². The van der Waals surface area contributed by atoms with Crippen LogP contribution < -0.4 is 5.32 Å². The standard InChI is InChI=1S/C20H28N2O4/c1-4-17(23)12-21-18(24)15-8-5-7-14(11-15)16-9-6-10-22(13-16)19(25)20(2,3)26/h5,7-8,11,16,26H,4,6,9-10,12-13H2,1-3H3,(H,21,24). The summed E-state index contributed by atoms with van der Waals surface area (Å²) in [6, 6.07) is 7.33. The Hall–Kier alpha value is -2.21. The normalized spacial score (nSPS) is 17.7. The minimum atomic E-state index is -1.38. The number of benzene rings is 1. The van der Waals surface area contributed by atoms with Gasteiger partial charge in [0, 0.05) is 31.0 Å². The molecule has 1 fully saturated rings. The van der Waals surface area contributed by atoms with Gasteiger partial charge in [0.15, 0.2) is 5.78 Å². The van der Waals surface area contributed by atoms with E-state index in [9.17, 15) is 19.5 Å². The Bertz CT molecular complexity index is 679. The number of nitrogens with zero attached hydrogens (tertiary/aromatic N) is 1. The lowest BCUT2D eigenvalue weighted by Crippen LogP contribution is -2.48. The number of rotatable bonds is 6. The largest absolute Gasteiger partial charge is 0.381 e. The molecule has 2 rings (SSSR count). The molecule has 2 amide bonds. The first-order chi connectivity index (χ1) is 12.2. The van der Waals surface area contributed by atoms with Crippen LogP contribution in [0.2, 0.25) is 0 Å². The second-order valence-electron chi connectivity index (χ2n) is 7.35. The van der Waals surface area contributed by atoms with E-state index in [0.717, 1.165) is 18.4 Å². The van der Waals surface area contributed by atoms with Crippen LogP contribution in [0, 0.1) is 0 Å². The Morgan fingerprint density at radius 3 is 2.69 bits per heavy atom. The van der Waals surface area contributed by atoms with Crippen LogP contribution in [0.1, 0.15) is 61.9 Å². The zero-order valence-corrected chi connectivity index (χ0v) is 15.7. The number of piperidine rings is 1. The average Bonchev–Trinajstić information content (AvgIpc) is 2.64. The number of likely N-dealkylation sites (tertiary alicyclic amines) is 1. The van der Waals surface area contributed by atoms with Gasteiger partial charge in [0.25, 0.3) is 11.8 Å². The van der Waals surface area contributed by atoms with E-state index in [1.54, 1.807) is 17.9 Å². The van der Waals surface area contributed by atoms with Crippen molar-refractivity contribution in [3.05, 3.63) is 35.4 Å². The Morgan fingerprint density at radius 2 is 2.04 bits per heavy atom. The van der Waals surface area contributed by atoms with Crippen LogP contribution in [0.3, 0.4) is 0 Å². The molecule has 0 radical (unpaired) electrons. The van der Waals surface area contributed by atoms with Gasteiger partial charge in [-0.15, -0.1) is 0 Å². The third-order valence-corrected chi connectivity index (χ3v) is 4.69. The van der Waals surface area contributed by atoms with Crippen molar-refractivity contribution in [1.29, 1.82) is 0 Å². The van der Waals surface area contributed by atoms with Gasteiger partial charge in [-0.1, -0.05) is 19.1 Å². The first-order valence-electron chi connectivity index (χ1n) is 9.14. The van der Waals surface area contributed by atoms with E-state index in [0.29, 0.717) is 25.1 Å². The monoisotopic (exact) mass is 360 g/mol. The molecule has 26 heavy (non-hydrogen) atoms. The lowest BCUT2D eigenvalue weighted by Gasteiger charge is -2.36. The highest BCUT2D eigenvalue weighted by atomic mass is 16.3. The van der Waals surface area contributed by atoms with Gasteiger partial charge in [-0.25, -0.2) is 0 Å². The Labute approximate surface area is 154 Å². The second-order valence-corrected chi connectivity index (χ2v) is 7.35. The Balaban J connectivity index is 2.08. The summed E-state index contributed by atoms with van der Waals surface area (Å²) in [5, 5.41) is 12.6. The number of aliphatic hydroxyl groups is 1. The predicted molar refractivity (Wildman–Crippen MR) is 98.9 cm³/mol. The van der Waals surface area contributed by atoms with Gasteiger partial charge in [-0.05, 0) is 44.4 Å². The zero-order chi connectivity index (χ0) is 19.3. The molecule has 1 aliphatic heterocycles. The molecule has 1 aromatic rings. The fourth-order valence-corrected chi connectivity index (χ4v) is 3.16. The minimum absolute atomic E-state index is 0.0115. The number of amides is 2. The molecule has 0 aliphatic carbocycles. The topological polar surface area (TPSA) is 86.7 Å². The Kier molecular flexibility index (Phi) is 6.53.